The largest absolute Gasteiger partial charge is 0.448 e. The molecule has 8 nitrogen and oxygen atoms in total. The lowest BCUT2D eigenvalue weighted by atomic mass is 9.98. The van der Waals surface area contributed by atoms with E-state index in [4.69, 9.17) is 13.9 Å². The monoisotopic (exact) mass is 343 g/mol. The fraction of sp³-hybridized carbons (Fsp3) is 0.412. The number of hydrogen-bond donors (Lipinski definition) is 0. The molecule has 2 aliphatic rings. The molecule has 0 N–H and O–H groups in total. The molecule has 3 heterocycles. The summed E-state index contributed by atoms with van der Waals surface area (Å²) in [5, 5.41) is 7.74. The van der Waals surface area contributed by atoms with Gasteiger partial charge in [0.05, 0.1) is 18.7 Å². The lowest BCUT2D eigenvalue weighted by Crippen LogP contribution is -2.49. The predicted octanol–water partition coefficient (Wildman–Crippen LogP) is 1.06. The topological polar surface area (TPSA) is 94.8 Å². The van der Waals surface area contributed by atoms with E-state index >= 15 is 0 Å². The van der Waals surface area contributed by atoms with Gasteiger partial charge in [0.2, 0.25) is 11.8 Å². The molecule has 2 unspecified atom stereocenters. The molecule has 0 aliphatic carbocycles. The van der Waals surface area contributed by atoms with E-state index in [-0.39, 0.29) is 12.5 Å². The third-order valence-corrected chi connectivity index (χ3v) is 4.36. The minimum absolute atomic E-state index is 0.229. The molecule has 1 aromatic heterocycles. The average Bonchev–Trinajstić information content (AvgIpc) is 3.08. The highest BCUT2D eigenvalue weighted by Crippen LogP contribution is 2.25. The Hall–Kier alpha value is -2.74. The maximum atomic E-state index is 12.8. The fourth-order valence-electron chi connectivity index (χ4n) is 3.11. The number of ether oxygens (including phenoxy) is 2. The third-order valence-electron chi connectivity index (χ3n) is 4.36. The van der Waals surface area contributed by atoms with Crippen molar-refractivity contribution < 1.29 is 23.5 Å². The summed E-state index contributed by atoms with van der Waals surface area (Å²) in [5.41, 5.74) is 1.35. The van der Waals surface area contributed by atoms with Crippen LogP contribution >= 0.6 is 0 Å². The highest BCUT2D eigenvalue weighted by atomic mass is 16.6. The van der Waals surface area contributed by atoms with E-state index in [0.29, 0.717) is 36.9 Å². The Balaban J connectivity index is 1.48. The molecule has 0 spiro atoms. The van der Waals surface area contributed by atoms with Crippen LogP contribution in [0.5, 0.6) is 0 Å². The van der Waals surface area contributed by atoms with Crippen LogP contribution in [0.15, 0.2) is 28.7 Å². The minimum atomic E-state index is -0.814. The third kappa shape index (κ3) is 3.00. The summed E-state index contributed by atoms with van der Waals surface area (Å²) < 4.78 is 16.4. The van der Waals surface area contributed by atoms with Gasteiger partial charge in [0.25, 0.3) is 5.91 Å². The second kappa shape index (κ2) is 6.29. The normalized spacial score (nSPS) is 23.1. The number of morpholine rings is 1. The zero-order chi connectivity index (χ0) is 17.4. The quantitative estimate of drug-likeness (QED) is 0.752. The number of rotatable bonds is 2. The Morgan fingerprint density at radius 2 is 2.12 bits per heavy atom. The number of amides is 1. The van der Waals surface area contributed by atoms with Gasteiger partial charge >= 0.3 is 5.97 Å². The van der Waals surface area contributed by atoms with Crippen LogP contribution in [-0.4, -0.2) is 52.8 Å². The van der Waals surface area contributed by atoms with Gasteiger partial charge < -0.3 is 18.8 Å². The van der Waals surface area contributed by atoms with Crippen LogP contribution in [0.4, 0.5) is 0 Å². The van der Waals surface area contributed by atoms with Crippen molar-refractivity contribution in [2.75, 3.05) is 19.7 Å². The fourth-order valence-corrected chi connectivity index (χ4v) is 3.11. The van der Waals surface area contributed by atoms with Crippen LogP contribution in [-0.2, 0) is 20.7 Å². The Kier molecular flexibility index (Phi) is 3.96. The summed E-state index contributed by atoms with van der Waals surface area (Å²) in [6, 6.07) is 7.18. The van der Waals surface area contributed by atoms with E-state index in [9.17, 15) is 9.59 Å². The van der Waals surface area contributed by atoms with Crippen molar-refractivity contribution in [2.24, 2.45) is 0 Å². The Bertz CT molecular complexity index is 818. The van der Waals surface area contributed by atoms with Crippen molar-refractivity contribution in [3.8, 4) is 0 Å². The van der Waals surface area contributed by atoms with Crippen LogP contribution in [0.2, 0.25) is 0 Å². The smallest absolute Gasteiger partial charge is 0.339 e. The molecule has 8 heteroatoms. The van der Waals surface area contributed by atoms with Crippen LogP contribution in [0.3, 0.4) is 0 Å². The first-order chi connectivity index (χ1) is 12.1. The van der Waals surface area contributed by atoms with Crippen LogP contribution in [0.25, 0.3) is 0 Å². The van der Waals surface area contributed by atoms with Gasteiger partial charge in [-0.3, -0.25) is 4.79 Å². The molecule has 1 amide bonds. The maximum absolute atomic E-state index is 12.8. The summed E-state index contributed by atoms with van der Waals surface area (Å²) in [6.07, 6.45) is -0.904. The molecule has 4 rings (SSSR count). The van der Waals surface area contributed by atoms with Gasteiger partial charge in [0, 0.05) is 19.9 Å². The predicted molar refractivity (Wildman–Crippen MR) is 83.7 cm³/mol. The van der Waals surface area contributed by atoms with Crippen LogP contribution in [0.1, 0.15) is 33.8 Å². The lowest BCUT2D eigenvalue weighted by Gasteiger charge is -2.34. The molecule has 2 aliphatic heterocycles. The molecule has 1 aromatic carbocycles. The molecule has 0 saturated carbocycles. The zero-order valence-electron chi connectivity index (χ0n) is 13.7. The highest BCUT2D eigenvalue weighted by Gasteiger charge is 2.37. The number of cyclic esters (lactones) is 1. The van der Waals surface area contributed by atoms with E-state index in [2.05, 4.69) is 10.2 Å². The first-order valence-electron chi connectivity index (χ1n) is 8.11. The van der Waals surface area contributed by atoms with E-state index in [1.807, 2.05) is 12.1 Å². The highest BCUT2D eigenvalue weighted by molar-refractivity contribution is 5.95. The van der Waals surface area contributed by atoms with Gasteiger partial charge in [-0.05, 0) is 11.6 Å². The first kappa shape index (κ1) is 15.8. The van der Waals surface area contributed by atoms with Crippen molar-refractivity contribution in [3.05, 3.63) is 47.2 Å². The number of nitrogens with zero attached hydrogens (tertiary/aromatic N) is 3. The van der Waals surface area contributed by atoms with Crippen LogP contribution < -0.4 is 0 Å². The van der Waals surface area contributed by atoms with E-state index in [0.717, 1.165) is 5.56 Å². The van der Waals surface area contributed by atoms with Gasteiger partial charge in [-0.1, -0.05) is 18.2 Å². The van der Waals surface area contributed by atoms with E-state index in [1.54, 1.807) is 24.0 Å². The molecule has 25 heavy (non-hydrogen) atoms. The summed E-state index contributed by atoms with van der Waals surface area (Å²) in [4.78, 5) is 26.6. The summed E-state index contributed by atoms with van der Waals surface area (Å²) in [5.74, 6) is 0.103. The van der Waals surface area contributed by atoms with E-state index in [1.165, 1.54) is 0 Å². The number of aromatic nitrogens is 2. The summed E-state index contributed by atoms with van der Waals surface area (Å²) in [7, 11) is 0. The number of aryl methyl sites for hydroxylation is 1. The number of fused-ring (bicyclic) bond motifs is 1. The first-order valence-corrected chi connectivity index (χ1v) is 8.11. The summed E-state index contributed by atoms with van der Waals surface area (Å²) in [6.45, 7) is 2.77. The number of carbonyl (C=O) groups excluding carboxylic acids is 2. The molecule has 0 radical (unpaired) electrons. The zero-order valence-corrected chi connectivity index (χ0v) is 13.7. The minimum Gasteiger partial charge on any atom is -0.448 e. The number of hydrogen-bond acceptors (Lipinski definition) is 7. The average molecular weight is 343 g/mol. The standard InChI is InChI=1S/C17H17N3O5/c1-10-18-19-15(24-10)14-9-20(6-7-23-14)16(21)13-8-11-4-2-3-5-12(11)17(22)25-13/h2-5,13-14H,6-9H2,1H3. The van der Waals surface area contributed by atoms with Gasteiger partial charge in [-0.2, -0.15) is 0 Å². The molecule has 130 valence electrons. The molecular formula is C17H17N3O5. The molecular weight excluding hydrogens is 326 g/mol. The number of esters is 1. The van der Waals surface area contributed by atoms with Gasteiger partial charge in [0.15, 0.2) is 12.2 Å². The Morgan fingerprint density at radius 3 is 2.92 bits per heavy atom. The van der Waals surface area contributed by atoms with Crippen molar-refractivity contribution in [1.29, 1.82) is 0 Å². The van der Waals surface area contributed by atoms with Crippen molar-refractivity contribution in [1.82, 2.24) is 15.1 Å². The molecule has 1 fully saturated rings. The van der Waals surface area contributed by atoms with Gasteiger partial charge in [0.1, 0.15) is 0 Å². The molecule has 0 bridgehead atoms. The second-order valence-corrected chi connectivity index (χ2v) is 6.06. The van der Waals surface area contributed by atoms with E-state index < -0.39 is 18.2 Å². The molecule has 2 atom stereocenters. The molecule has 2 aromatic rings. The number of benzene rings is 1. The SMILES string of the molecule is Cc1nnc(C2CN(C(=O)C3Cc4ccccc4C(=O)O3)CCO2)o1. The lowest BCUT2D eigenvalue weighted by molar-refractivity contribution is -0.149. The van der Waals surface area contributed by atoms with Crippen molar-refractivity contribution >= 4 is 11.9 Å². The maximum Gasteiger partial charge on any atom is 0.339 e. The van der Waals surface area contributed by atoms with Crippen LogP contribution in [0, 0.1) is 6.92 Å². The van der Waals surface area contributed by atoms with Gasteiger partial charge in [-0.25, -0.2) is 4.79 Å². The Labute approximate surface area is 143 Å². The second-order valence-electron chi connectivity index (χ2n) is 6.06. The summed E-state index contributed by atoms with van der Waals surface area (Å²) >= 11 is 0. The van der Waals surface area contributed by atoms with Crippen molar-refractivity contribution in [3.63, 3.8) is 0 Å². The number of carbonyl (C=O) groups is 2. The Morgan fingerprint density at radius 1 is 1.28 bits per heavy atom. The molecule has 1 saturated heterocycles. The van der Waals surface area contributed by atoms with Gasteiger partial charge in [-0.15, -0.1) is 10.2 Å². The van der Waals surface area contributed by atoms with Crippen molar-refractivity contribution in [2.45, 2.75) is 25.6 Å².